The highest BCUT2D eigenvalue weighted by Crippen LogP contribution is 2.34. The molecule has 0 unspecified atom stereocenters. The summed E-state index contributed by atoms with van der Waals surface area (Å²) in [5, 5.41) is 12.7. The van der Waals surface area contributed by atoms with Crippen molar-refractivity contribution in [1.29, 1.82) is 5.26 Å². The third-order valence-corrected chi connectivity index (χ3v) is 4.45. The van der Waals surface area contributed by atoms with Gasteiger partial charge in [0.05, 0.1) is 11.3 Å². The van der Waals surface area contributed by atoms with Gasteiger partial charge in [-0.2, -0.15) is 5.26 Å². The SMILES string of the molecule is N#Cc1c(SCC(N)=O)nc(NC2CC2)nc1-c1c(F)cccc1F. The van der Waals surface area contributed by atoms with E-state index >= 15 is 0 Å². The molecule has 3 N–H and O–H groups in total. The van der Waals surface area contributed by atoms with E-state index in [1.807, 2.05) is 6.07 Å². The highest BCUT2D eigenvalue weighted by molar-refractivity contribution is 8.00. The molecule has 0 saturated heterocycles. The zero-order valence-electron chi connectivity index (χ0n) is 12.9. The molecule has 1 saturated carbocycles. The van der Waals surface area contributed by atoms with E-state index in [1.165, 1.54) is 6.07 Å². The summed E-state index contributed by atoms with van der Waals surface area (Å²) in [4.78, 5) is 19.4. The molecule has 1 aliphatic rings. The summed E-state index contributed by atoms with van der Waals surface area (Å²) in [6, 6.07) is 5.48. The highest BCUT2D eigenvalue weighted by atomic mass is 32.2. The second-order valence-corrected chi connectivity index (χ2v) is 6.42. The normalized spacial score (nSPS) is 13.3. The van der Waals surface area contributed by atoms with Crippen LogP contribution in [0, 0.1) is 23.0 Å². The van der Waals surface area contributed by atoms with Gasteiger partial charge < -0.3 is 11.1 Å². The van der Waals surface area contributed by atoms with Gasteiger partial charge >= 0.3 is 0 Å². The van der Waals surface area contributed by atoms with Gasteiger partial charge in [-0.25, -0.2) is 18.7 Å². The van der Waals surface area contributed by atoms with Gasteiger partial charge in [0, 0.05) is 6.04 Å². The molecule has 25 heavy (non-hydrogen) atoms. The van der Waals surface area contributed by atoms with Gasteiger partial charge in [-0.1, -0.05) is 17.8 Å². The Labute approximate surface area is 146 Å². The fourth-order valence-electron chi connectivity index (χ4n) is 2.16. The van der Waals surface area contributed by atoms with Crippen molar-refractivity contribution in [3.63, 3.8) is 0 Å². The molecular formula is C16H13F2N5OS. The van der Waals surface area contributed by atoms with E-state index < -0.39 is 23.1 Å². The van der Waals surface area contributed by atoms with Crippen molar-refractivity contribution in [3.8, 4) is 17.3 Å². The number of nitrogens with zero attached hydrogens (tertiary/aromatic N) is 3. The number of nitrogens with two attached hydrogens (primary N) is 1. The van der Waals surface area contributed by atoms with Gasteiger partial charge in [0.15, 0.2) is 0 Å². The molecule has 0 aliphatic heterocycles. The molecule has 3 rings (SSSR count). The van der Waals surface area contributed by atoms with Crippen LogP contribution in [0.4, 0.5) is 14.7 Å². The molecule has 0 spiro atoms. The first-order valence-corrected chi connectivity index (χ1v) is 8.42. The van der Waals surface area contributed by atoms with Gasteiger partial charge in [0.1, 0.15) is 34.0 Å². The lowest BCUT2D eigenvalue weighted by molar-refractivity contribution is -0.115. The third kappa shape index (κ3) is 3.85. The first-order valence-electron chi connectivity index (χ1n) is 7.43. The smallest absolute Gasteiger partial charge is 0.227 e. The van der Waals surface area contributed by atoms with Crippen molar-refractivity contribution in [2.75, 3.05) is 11.1 Å². The number of hydrogen-bond acceptors (Lipinski definition) is 6. The van der Waals surface area contributed by atoms with E-state index in [1.54, 1.807) is 0 Å². The molecule has 1 heterocycles. The van der Waals surface area contributed by atoms with E-state index in [0.29, 0.717) is 0 Å². The fraction of sp³-hybridized carbons (Fsp3) is 0.250. The minimum absolute atomic E-state index is 0.100. The Morgan fingerprint density at radius 1 is 1.36 bits per heavy atom. The zero-order chi connectivity index (χ0) is 18.0. The number of carbonyl (C=O) groups excluding carboxylic acids is 1. The second-order valence-electron chi connectivity index (χ2n) is 5.46. The zero-order valence-corrected chi connectivity index (χ0v) is 13.7. The molecule has 6 nitrogen and oxygen atoms in total. The Balaban J connectivity index is 2.15. The number of nitrogens with one attached hydrogen (secondary N) is 1. The number of primary amides is 1. The molecule has 9 heteroatoms. The molecule has 128 valence electrons. The molecule has 1 aliphatic carbocycles. The van der Waals surface area contributed by atoms with Crippen LogP contribution in [0.15, 0.2) is 23.2 Å². The molecule has 1 amide bonds. The average molecular weight is 361 g/mol. The lowest BCUT2D eigenvalue weighted by Gasteiger charge is -2.12. The number of amides is 1. The van der Waals surface area contributed by atoms with Gasteiger partial charge in [-0.05, 0) is 25.0 Å². The Bertz CT molecular complexity index is 859. The minimum atomic E-state index is -0.835. The third-order valence-electron chi connectivity index (χ3n) is 3.45. The van der Waals surface area contributed by atoms with Crippen molar-refractivity contribution < 1.29 is 13.6 Å². The molecule has 2 aromatic rings. The summed E-state index contributed by atoms with van der Waals surface area (Å²) >= 11 is 0.929. The van der Waals surface area contributed by atoms with Crippen molar-refractivity contribution in [2.24, 2.45) is 5.73 Å². The minimum Gasteiger partial charge on any atom is -0.369 e. The maximum absolute atomic E-state index is 14.2. The lowest BCUT2D eigenvalue weighted by Crippen LogP contribution is -2.14. The van der Waals surface area contributed by atoms with Crippen LogP contribution in [0.2, 0.25) is 0 Å². The number of halogens is 2. The molecule has 0 bridgehead atoms. The van der Waals surface area contributed by atoms with E-state index in [9.17, 15) is 18.8 Å². The standard InChI is InChI=1S/C16H13F2N5OS/c17-10-2-1-3-11(18)13(10)14-9(6-19)15(25-7-12(20)24)23-16(22-14)21-8-4-5-8/h1-3,8H,4-5,7H2,(H2,20,24)(H,21,22,23). The Morgan fingerprint density at radius 2 is 2.04 bits per heavy atom. The predicted molar refractivity (Wildman–Crippen MR) is 88.7 cm³/mol. The molecule has 0 atom stereocenters. The monoisotopic (exact) mass is 361 g/mol. The Morgan fingerprint density at radius 3 is 2.60 bits per heavy atom. The van der Waals surface area contributed by atoms with Crippen LogP contribution in [0.1, 0.15) is 18.4 Å². The first kappa shape index (κ1) is 17.1. The molecular weight excluding hydrogens is 348 g/mol. The quantitative estimate of drug-likeness (QED) is 0.605. The van der Waals surface area contributed by atoms with Crippen LogP contribution in [-0.4, -0.2) is 27.7 Å². The molecule has 1 aromatic heterocycles. The maximum atomic E-state index is 14.2. The van der Waals surface area contributed by atoms with E-state index in [4.69, 9.17) is 5.73 Å². The first-order chi connectivity index (χ1) is 12.0. The van der Waals surface area contributed by atoms with Crippen LogP contribution >= 0.6 is 11.8 Å². The summed E-state index contributed by atoms with van der Waals surface area (Å²) in [6.45, 7) is 0. The van der Waals surface area contributed by atoms with Crippen molar-refractivity contribution in [3.05, 3.63) is 35.4 Å². The van der Waals surface area contributed by atoms with Crippen molar-refractivity contribution in [2.45, 2.75) is 23.9 Å². The summed E-state index contributed by atoms with van der Waals surface area (Å²) in [5.41, 5.74) is 4.48. The van der Waals surface area contributed by atoms with Crippen LogP contribution in [-0.2, 0) is 4.79 Å². The lowest BCUT2D eigenvalue weighted by atomic mass is 10.1. The number of benzene rings is 1. The second kappa shape index (κ2) is 7.03. The summed E-state index contributed by atoms with van der Waals surface area (Å²) < 4.78 is 28.4. The van der Waals surface area contributed by atoms with Crippen LogP contribution in [0.5, 0.6) is 0 Å². The number of nitriles is 1. The maximum Gasteiger partial charge on any atom is 0.227 e. The van der Waals surface area contributed by atoms with E-state index in [-0.39, 0.29) is 34.0 Å². The Hall–Kier alpha value is -2.73. The largest absolute Gasteiger partial charge is 0.369 e. The number of hydrogen-bond donors (Lipinski definition) is 2. The number of aromatic nitrogens is 2. The average Bonchev–Trinajstić information content (AvgIpc) is 3.36. The van der Waals surface area contributed by atoms with Gasteiger partial charge in [-0.3, -0.25) is 4.79 Å². The highest BCUT2D eigenvalue weighted by Gasteiger charge is 2.26. The fourth-order valence-corrected chi connectivity index (χ4v) is 2.88. The number of anilines is 1. The molecule has 1 aromatic carbocycles. The molecule has 0 radical (unpaired) electrons. The van der Waals surface area contributed by atoms with Crippen LogP contribution in [0.25, 0.3) is 11.3 Å². The van der Waals surface area contributed by atoms with Gasteiger partial charge in [0.25, 0.3) is 0 Å². The van der Waals surface area contributed by atoms with Gasteiger partial charge in [0.2, 0.25) is 11.9 Å². The topological polar surface area (TPSA) is 105 Å². The predicted octanol–water partition coefficient (Wildman–Crippen LogP) is 2.45. The van der Waals surface area contributed by atoms with Crippen LogP contribution < -0.4 is 11.1 Å². The van der Waals surface area contributed by atoms with Crippen LogP contribution in [0.3, 0.4) is 0 Å². The van der Waals surface area contributed by atoms with Gasteiger partial charge in [-0.15, -0.1) is 0 Å². The van der Waals surface area contributed by atoms with E-state index in [2.05, 4.69) is 15.3 Å². The number of thioether (sulfide) groups is 1. The van der Waals surface area contributed by atoms with E-state index in [0.717, 1.165) is 36.7 Å². The number of rotatable bonds is 6. The molecule has 1 fully saturated rings. The van der Waals surface area contributed by atoms with Crippen molar-refractivity contribution in [1.82, 2.24) is 9.97 Å². The summed E-state index contributed by atoms with van der Waals surface area (Å²) in [5.74, 6) is -2.22. The summed E-state index contributed by atoms with van der Waals surface area (Å²) in [6.07, 6.45) is 1.88. The number of carbonyl (C=O) groups is 1. The summed E-state index contributed by atoms with van der Waals surface area (Å²) in [7, 11) is 0. The Kier molecular flexibility index (Phi) is 4.81. The van der Waals surface area contributed by atoms with Crippen molar-refractivity contribution >= 4 is 23.6 Å².